The maximum Gasteiger partial charge on any atom is 0.248 e. The molecular weight excluding hydrogens is 290 g/mol. The molecular formula is C15H18ClN3O2. The van der Waals surface area contributed by atoms with Crippen LogP contribution in [0.2, 0.25) is 5.02 Å². The fourth-order valence-corrected chi connectivity index (χ4v) is 2.50. The van der Waals surface area contributed by atoms with Crippen molar-refractivity contribution in [1.82, 2.24) is 10.2 Å². The predicted molar refractivity (Wildman–Crippen MR) is 81.1 cm³/mol. The average Bonchev–Trinajstić information content (AvgIpc) is 3.21. The zero-order valence-electron chi connectivity index (χ0n) is 11.7. The van der Waals surface area contributed by atoms with Crippen LogP contribution in [0.15, 0.2) is 24.3 Å². The van der Waals surface area contributed by atoms with Crippen LogP contribution in [0.25, 0.3) is 0 Å². The van der Waals surface area contributed by atoms with Crippen molar-refractivity contribution in [1.29, 1.82) is 0 Å². The smallest absolute Gasteiger partial charge is 0.248 e. The summed E-state index contributed by atoms with van der Waals surface area (Å²) >= 11 is 5.85. The Bertz CT molecular complexity index is 542. The van der Waals surface area contributed by atoms with Crippen molar-refractivity contribution in [3.63, 3.8) is 0 Å². The first-order valence-corrected chi connectivity index (χ1v) is 7.56. The zero-order chi connectivity index (χ0) is 14.8. The molecule has 0 atom stereocenters. The lowest BCUT2D eigenvalue weighted by Gasteiger charge is -2.18. The molecule has 0 spiro atoms. The number of carbonyl (C=O) groups excluding carboxylic acids is 2. The van der Waals surface area contributed by atoms with Crippen molar-refractivity contribution in [2.75, 3.05) is 31.2 Å². The highest BCUT2D eigenvalue weighted by molar-refractivity contribution is 6.30. The Kier molecular flexibility index (Phi) is 4.12. The van der Waals surface area contributed by atoms with E-state index in [9.17, 15) is 9.59 Å². The summed E-state index contributed by atoms with van der Waals surface area (Å²) in [5.41, 5.74) is 0.769. The summed E-state index contributed by atoms with van der Waals surface area (Å²) in [7, 11) is 0. The first kappa shape index (κ1) is 14.4. The molecule has 112 valence electrons. The summed E-state index contributed by atoms with van der Waals surface area (Å²) in [4.78, 5) is 27.3. The number of rotatable bonds is 5. The Balaban J connectivity index is 1.55. The van der Waals surface area contributed by atoms with Gasteiger partial charge in [-0.1, -0.05) is 11.6 Å². The molecule has 2 aliphatic rings. The van der Waals surface area contributed by atoms with Gasteiger partial charge < -0.3 is 10.2 Å². The topological polar surface area (TPSA) is 52.7 Å². The lowest BCUT2D eigenvalue weighted by Crippen LogP contribution is -2.38. The zero-order valence-corrected chi connectivity index (χ0v) is 12.5. The number of nitrogens with one attached hydrogen (secondary N) is 1. The minimum atomic E-state index is -0.0622. The number of amides is 2. The Labute approximate surface area is 128 Å². The molecule has 5 nitrogen and oxygen atoms in total. The molecule has 2 fully saturated rings. The molecule has 6 heteroatoms. The second-order valence-corrected chi connectivity index (χ2v) is 6.04. The number of hydrogen-bond acceptors (Lipinski definition) is 3. The highest BCUT2D eigenvalue weighted by atomic mass is 35.5. The van der Waals surface area contributed by atoms with E-state index in [0.717, 1.165) is 18.2 Å². The van der Waals surface area contributed by atoms with E-state index in [1.165, 1.54) is 12.8 Å². The monoisotopic (exact) mass is 307 g/mol. The Morgan fingerprint density at radius 2 is 2.00 bits per heavy atom. The van der Waals surface area contributed by atoms with Gasteiger partial charge >= 0.3 is 0 Å². The van der Waals surface area contributed by atoms with E-state index in [0.29, 0.717) is 18.2 Å². The van der Waals surface area contributed by atoms with E-state index in [4.69, 9.17) is 11.6 Å². The molecule has 1 saturated heterocycles. The summed E-state index contributed by atoms with van der Waals surface area (Å²) in [6, 6.07) is 7.07. The third-order valence-electron chi connectivity index (χ3n) is 3.84. The number of benzene rings is 1. The van der Waals surface area contributed by atoms with Crippen LogP contribution in [-0.4, -0.2) is 43.0 Å². The van der Waals surface area contributed by atoms with Gasteiger partial charge in [-0.15, -0.1) is 0 Å². The predicted octanol–water partition coefficient (Wildman–Crippen LogP) is 1.47. The van der Waals surface area contributed by atoms with E-state index in [1.807, 2.05) is 0 Å². The van der Waals surface area contributed by atoms with Crippen molar-refractivity contribution in [3.05, 3.63) is 29.3 Å². The fourth-order valence-electron chi connectivity index (χ4n) is 2.38. The van der Waals surface area contributed by atoms with Gasteiger partial charge in [0.25, 0.3) is 0 Å². The fraction of sp³-hybridized carbons (Fsp3) is 0.467. The van der Waals surface area contributed by atoms with Crippen LogP contribution in [-0.2, 0) is 9.59 Å². The SMILES string of the molecule is O=C(CNCC1CC1)N1CC(=O)N(c2ccc(Cl)cc2)C1. The van der Waals surface area contributed by atoms with Crippen molar-refractivity contribution >= 4 is 29.1 Å². The standard InChI is InChI=1S/C15H18ClN3O2/c16-12-3-5-13(6-4-12)19-10-18(9-15(19)21)14(20)8-17-7-11-1-2-11/h3-6,11,17H,1-2,7-10H2. The van der Waals surface area contributed by atoms with Crippen molar-refractivity contribution in [2.45, 2.75) is 12.8 Å². The van der Waals surface area contributed by atoms with Gasteiger partial charge in [0, 0.05) is 10.7 Å². The molecule has 1 aliphatic carbocycles. The van der Waals surface area contributed by atoms with Crippen LogP contribution in [0.5, 0.6) is 0 Å². The van der Waals surface area contributed by atoms with E-state index in [2.05, 4.69) is 5.32 Å². The average molecular weight is 308 g/mol. The first-order chi connectivity index (χ1) is 10.1. The van der Waals surface area contributed by atoms with Gasteiger partial charge in [-0.3, -0.25) is 14.5 Å². The third-order valence-corrected chi connectivity index (χ3v) is 4.09. The maximum atomic E-state index is 12.1. The van der Waals surface area contributed by atoms with E-state index in [1.54, 1.807) is 34.1 Å². The van der Waals surface area contributed by atoms with Crippen LogP contribution >= 0.6 is 11.6 Å². The van der Waals surface area contributed by atoms with E-state index in [-0.39, 0.29) is 18.4 Å². The van der Waals surface area contributed by atoms with Gasteiger partial charge in [-0.25, -0.2) is 0 Å². The molecule has 1 saturated carbocycles. The van der Waals surface area contributed by atoms with Gasteiger partial charge in [0.05, 0.1) is 6.54 Å². The molecule has 0 radical (unpaired) electrons. The van der Waals surface area contributed by atoms with Gasteiger partial charge in [0.15, 0.2) is 0 Å². The molecule has 2 amide bonds. The van der Waals surface area contributed by atoms with Crippen molar-refractivity contribution in [3.8, 4) is 0 Å². The molecule has 1 aromatic rings. The summed E-state index contributed by atoms with van der Waals surface area (Å²) in [5.74, 6) is 0.650. The number of carbonyl (C=O) groups is 2. The Morgan fingerprint density at radius 3 is 2.67 bits per heavy atom. The van der Waals surface area contributed by atoms with Gasteiger partial charge in [-0.2, -0.15) is 0 Å². The Morgan fingerprint density at radius 1 is 1.29 bits per heavy atom. The minimum Gasteiger partial charge on any atom is -0.314 e. The quantitative estimate of drug-likeness (QED) is 0.896. The number of anilines is 1. The maximum absolute atomic E-state index is 12.1. The highest BCUT2D eigenvalue weighted by Crippen LogP contribution is 2.27. The van der Waals surface area contributed by atoms with Gasteiger partial charge in [0.1, 0.15) is 13.2 Å². The van der Waals surface area contributed by atoms with Crippen LogP contribution in [0.3, 0.4) is 0 Å². The normalized spacial score (nSPS) is 18.4. The lowest BCUT2D eigenvalue weighted by molar-refractivity contribution is -0.130. The molecule has 0 unspecified atom stereocenters. The molecule has 0 aromatic heterocycles. The third kappa shape index (κ3) is 3.54. The number of nitrogens with zero attached hydrogens (tertiary/aromatic N) is 2. The van der Waals surface area contributed by atoms with Crippen molar-refractivity contribution in [2.24, 2.45) is 5.92 Å². The molecule has 21 heavy (non-hydrogen) atoms. The van der Waals surface area contributed by atoms with Crippen LogP contribution in [0, 0.1) is 5.92 Å². The second-order valence-electron chi connectivity index (χ2n) is 5.61. The summed E-state index contributed by atoms with van der Waals surface area (Å²) in [6.45, 7) is 1.66. The minimum absolute atomic E-state index is 0.0273. The van der Waals surface area contributed by atoms with Crippen LogP contribution in [0.4, 0.5) is 5.69 Å². The molecule has 1 N–H and O–H groups in total. The highest BCUT2D eigenvalue weighted by Gasteiger charge is 2.31. The number of hydrogen-bond donors (Lipinski definition) is 1. The van der Waals surface area contributed by atoms with Crippen LogP contribution < -0.4 is 10.2 Å². The molecule has 1 aromatic carbocycles. The molecule has 1 heterocycles. The van der Waals surface area contributed by atoms with E-state index >= 15 is 0 Å². The summed E-state index contributed by atoms with van der Waals surface area (Å²) in [5, 5.41) is 3.79. The largest absolute Gasteiger partial charge is 0.314 e. The van der Waals surface area contributed by atoms with Crippen LogP contribution in [0.1, 0.15) is 12.8 Å². The molecule has 1 aliphatic heterocycles. The van der Waals surface area contributed by atoms with E-state index < -0.39 is 0 Å². The number of halogens is 1. The second kappa shape index (κ2) is 6.03. The Hall–Kier alpha value is -1.59. The summed E-state index contributed by atoms with van der Waals surface area (Å²) < 4.78 is 0. The van der Waals surface area contributed by atoms with Crippen molar-refractivity contribution < 1.29 is 9.59 Å². The van der Waals surface area contributed by atoms with Gasteiger partial charge in [-0.05, 0) is 49.6 Å². The first-order valence-electron chi connectivity index (χ1n) is 7.18. The molecule has 3 rings (SSSR count). The summed E-state index contributed by atoms with van der Waals surface area (Å²) in [6.07, 6.45) is 2.52. The lowest BCUT2D eigenvalue weighted by atomic mass is 10.3. The molecule has 0 bridgehead atoms. The van der Waals surface area contributed by atoms with Gasteiger partial charge in [0.2, 0.25) is 11.8 Å².